The number of hydrogen-bond acceptors (Lipinski definition) is 6. The first-order valence-electron chi connectivity index (χ1n) is 12.2. The molecular weight excluding hydrogens is 476 g/mol. The fraction of sp³-hybridized carbons (Fsp3) is 0.296. The Kier molecular flexibility index (Phi) is 6.47. The van der Waals surface area contributed by atoms with E-state index in [1.165, 1.54) is 6.92 Å². The van der Waals surface area contributed by atoms with Crippen LogP contribution in [0, 0.1) is 0 Å². The van der Waals surface area contributed by atoms with E-state index in [2.05, 4.69) is 10.6 Å². The average molecular weight is 503 g/mol. The highest BCUT2D eigenvalue weighted by atomic mass is 16.3. The molecule has 2 heterocycles. The Morgan fingerprint density at radius 2 is 1.68 bits per heavy atom. The van der Waals surface area contributed by atoms with Crippen LogP contribution in [0.25, 0.3) is 22.1 Å². The summed E-state index contributed by atoms with van der Waals surface area (Å²) in [6.45, 7) is 0.504. The van der Waals surface area contributed by atoms with Crippen molar-refractivity contribution < 1.29 is 18.8 Å². The molecule has 4 aromatic rings. The smallest absolute Gasteiger partial charge is 0.332 e. The molecule has 2 aromatic heterocycles. The maximum Gasteiger partial charge on any atom is 0.332 e. The van der Waals surface area contributed by atoms with Gasteiger partial charge in [0.25, 0.3) is 5.56 Å². The Hall–Kier alpha value is -4.47. The van der Waals surface area contributed by atoms with Gasteiger partial charge < -0.3 is 15.1 Å². The minimum Gasteiger partial charge on any atom is -0.449 e. The van der Waals surface area contributed by atoms with Crippen molar-refractivity contribution >= 4 is 45.4 Å². The van der Waals surface area contributed by atoms with Crippen molar-refractivity contribution in [3.8, 4) is 0 Å². The number of benzene rings is 2. The van der Waals surface area contributed by atoms with Crippen molar-refractivity contribution in [1.29, 1.82) is 0 Å². The summed E-state index contributed by atoms with van der Waals surface area (Å²) in [5.74, 6) is -1.14. The van der Waals surface area contributed by atoms with Crippen LogP contribution in [0.2, 0.25) is 0 Å². The zero-order valence-corrected chi connectivity index (χ0v) is 20.3. The largest absolute Gasteiger partial charge is 0.449 e. The first kappa shape index (κ1) is 24.2. The second-order valence-corrected chi connectivity index (χ2v) is 9.27. The predicted octanol–water partition coefficient (Wildman–Crippen LogP) is 2.81. The number of carbonyl (C=O) groups is 3. The highest BCUT2D eigenvalue weighted by molar-refractivity contribution is 6.03. The predicted molar refractivity (Wildman–Crippen MR) is 138 cm³/mol. The number of rotatable bonds is 7. The molecule has 37 heavy (non-hydrogen) atoms. The zero-order valence-electron chi connectivity index (χ0n) is 20.3. The molecule has 2 amide bonds. The molecule has 0 unspecified atom stereocenters. The van der Waals surface area contributed by atoms with E-state index in [4.69, 9.17) is 4.42 Å². The third kappa shape index (κ3) is 4.82. The molecular formula is C27H26N4O6. The van der Waals surface area contributed by atoms with Crippen molar-refractivity contribution in [2.75, 3.05) is 5.32 Å². The quantitative estimate of drug-likeness (QED) is 0.374. The maximum absolute atomic E-state index is 13.5. The second kappa shape index (κ2) is 9.88. The highest BCUT2D eigenvalue weighted by Gasteiger charge is 2.24. The Labute approximate surface area is 210 Å². The Balaban J connectivity index is 1.54. The van der Waals surface area contributed by atoms with Crippen LogP contribution in [-0.2, 0) is 22.7 Å². The van der Waals surface area contributed by atoms with Gasteiger partial charge >= 0.3 is 5.69 Å². The summed E-state index contributed by atoms with van der Waals surface area (Å²) in [6, 6.07) is 13.3. The number of nitrogens with one attached hydrogen (secondary N) is 2. The molecule has 2 N–H and O–H groups in total. The number of ketones is 1. The molecule has 0 spiro atoms. The molecule has 0 bridgehead atoms. The van der Waals surface area contributed by atoms with Crippen molar-refractivity contribution in [3.63, 3.8) is 0 Å². The number of amides is 2. The van der Waals surface area contributed by atoms with E-state index in [9.17, 15) is 24.0 Å². The highest BCUT2D eigenvalue weighted by Crippen LogP contribution is 2.25. The summed E-state index contributed by atoms with van der Waals surface area (Å²) in [5, 5.41) is 6.07. The van der Waals surface area contributed by atoms with Crippen molar-refractivity contribution in [1.82, 2.24) is 14.5 Å². The first-order chi connectivity index (χ1) is 17.8. The van der Waals surface area contributed by atoms with Gasteiger partial charge in [0.1, 0.15) is 24.2 Å². The van der Waals surface area contributed by atoms with Gasteiger partial charge in [-0.1, -0.05) is 37.1 Å². The van der Waals surface area contributed by atoms with E-state index in [0.29, 0.717) is 22.2 Å². The summed E-state index contributed by atoms with van der Waals surface area (Å²) in [6.07, 6.45) is 3.76. The summed E-state index contributed by atoms with van der Waals surface area (Å²) in [4.78, 5) is 64.2. The molecule has 0 aliphatic heterocycles. The number of fused-ring (bicyclic) bond motifs is 3. The molecule has 10 heteroatoms. The van der Waals surface area contributed by atoms with Gasteiger partial charge in [0.2, 0.25) is 17.4 Å². The molecule has 1 aliphatic rings. The van der Waals surface area contributed by atoms with Gasteiger partial charge in [-0.2, -0.15) is 0 Å². The molecule has 190 valence electrons. The van der Waals surface area contributed by atoms with Crippen LogP contribution in [0.1, 0.15) is 43.0 Å². The van der Waals surface area contributed by atoms with Gasteiger partial charge in [-0.3, -0.25) is 23.7 Å². The number of nitrogens with zero attached hydrogens (tertiary/aromatic N) is 2. The van der Waals surface area contributed by atoms with E-state index in [-0.39, 0.29) is 22.9 Å². The van der Waals surface area contributed by atoms with Crippen molar-refractivity contribution in [2.24, 2.45) is 0 Å². The fourth-order valence-electron chi connectivity index (χ4n) is 4.83. The number of hydrogen-bond donors (Lipinski definition) is 2. The molecule has 2 aromatic carbocycles. The van der Waals surface area contributed by atoms with Gasteiger partial charge in [0, 0.05) is 22.7 Å². The van der Waals surface area contributed by atoms with E-state index in [1.807, 2.05) is 0 Å². The molecule has 0 radical (unpaired) electrons. The fourth-order valence-corrected chi connectivity index (χ4v) is 4.83. The van der Waals surface area contributed by atoms with Crippen LogP contribution >= 0.6 is 0 Å². The molecule has 10 nitrogen and oxygen atoms in total. The van der Waals surface area contributed by atoms with E-state index in [1.54, 1.807) is 48.5 Å². The standard InChI is InChI=1S/C27H26N4O6/c1-16(32)17-7-6-10-19(13-17)29-22(33)14-30-24-20-11-4-5-12-21(20)37-25(24)26(35)31(27(30)36)15-23(34)28-18-8-2-3-9-18/h4-7,10-13,18H,2-3,8-9,14-15H2,1H3,(H,28,34)(H,29,33). The van der Waals surface area contributed by atoms with Gasteiger partial charge in [-0.05, 0) is 44.0 Å². The van der Waals surface area contributed by atoms with Crippen molar-refractivity contribution in [3.05, 3.63) is 74.9 Å². The third-order valence-corrected chi connectivity index (χ3v) is 6.62. The van der Waals surface area contributed by atoms with E-state index < -0.39 is 36.2 Å². The number of aromatic nitrogens is 2. The second-order valence-electron chi connectivity index (χ2n) is 9.27. The number of carbonyl (C=O) groups excluding carboxylic acids is 3. The average Bonchev–Trinajstić information content (AvgIpc) is 3.52. The lowest BCUT2D eigenvalue weighted by Crippen LogP contribution is -2.46. The van der Waals surface area contributed by atoms with Gasteiger partial charge in [-0.15, -0.1) is 0 Å². The number of Topliss-reactive ketones (excluding diaryl/α,β-unsaturated/α-hetero) is 1. The van der Waals surface area contributed by atoms with Crippen LogP contribution in [0.5, 0.6) is 0 Å². The molecule has 5 rings (SSSR count). The minimum absolute atomic E-state index is 0.0249. The zero-order chi connectivity index (χ0) is 26.1. The monoisotopic (exact) mass is 502 g/mol. The normalized spacial score (nSPS) is 13.8. The Morgan fingerprint density at radius 3 is 2.43 bits per heavy atom. The topological polar surface area (TPSA) is 132 Å². The van der Waals surface area contributed by atoms with Crippen LogP contribution in [0.15, 0.2) is 62.5 Å². The van der Waals surface area contributed by atoms with Gasteiger partial charge in [-0.25, -0.2) is 9.36 Å². The minimum atomic E-state index is -0.793. The first-order valence-corrected chi connectivity index (χ1v) is 12.2. The third-order valence-electron chi connectivity index (χ3n) is 6.62. The van der Waals surface area contributed by atoms with Crippen LogP contribution < -0.4 is 21.9 Å². The SMILES string of the molecule is CC(=O)c1cccc(NC(=O)Cn2c(=O)n(CC(=O)NC3CCCC3)c(=O)c3oc4ccccc4c32)c1. The molecule has 1 fully saturated rings. The lowest BCUT2D eigenvalue weighted by Gasteiger charge is -2.14. The van der Waals surface area contributed by atoms with Crippen LogP contribution in [0.4, 0.5) is 5.69 Å². The lowest BCUT2D eigenvalue weighted by molar-refractivity contribution is -0.122. The number of anilines is 1. The Morgan fingerprint density at radius 1 is 0.946 bits per heavy atom. The lowest BCUT2D eigenvalue weighted by atomic mass is 10.1. The number of para-hydroxylation sites is 1. The summed E-state index contributed by atoms with van der Waals surface area (Å²) < 4.78 is 7.74. The summed E-state index contributed by atoms with van der Waals surface area (Å²) in [7, 11) is 0. The molecule has 0 atom stereocenters. The number of furan rings is 1. The molecule has 1 saturated carbocycles. The van der Waals surface area contributed by atoms with Crippen LogP contribution in [0.3, 0.4) is 0 Å². The van der Waals surface area contributed by atoms with Crippen molar-refractivity contribution in [2.45, 2.75) is 51.7 Å². The molecule has 0 saturated heterocycles. The molecule has 1 aliphatic carbocycles. The Bertz CT molecular complexity index is 1660. The summed E-state index contributed by atoms with van der Waals surface area (Å²) in [5.41, 5.74) is -0.248. The van der Waals surface area contributed by atoms with Gasteiger partial charge in [0.05, 0.1) is 0 Å². The van der Waals surface area contributed by atoms with Crippen LogP contribution in [-0.4, -0.2) is 32.8 Å². The van der Waals surface area contributed by atoms with Gasteiger partial charge in [0.15, 0.2) is 5.78 Å². The maximum atomic E-state index is 13.5. The van der Waals surface area contributed by atoms with E-state index >= 15 is 0 Å². The van der Waals surface area contributed by atoms with E-state index in [0.717, 1.165) is 34.8 Å². The summed E-state index contributed by atoms with van der Waals surface area (Å²) >= 11 is 0.